The highest BCUT2D eigenvalue weighted by Gasteiger charge is 2.08. The Bertz CT molecular complexity index is 406. The van der Waals surface area contributed by atoms with Gasteiger partial charge in [0.1, 0.15) is 0 Å². The third kappa shape index (κ3) is 3.81. The molecule has 1 rings (SSSR count). The maximum Gasteiger partial charge on any atom is 0.304 e. The van der Waals surface area contributed by atoms with Crippen LogP contribution in [0.1, 0.15) is 6.42 Å². The zero-order valence-electron chi connectivity index (χ0n) is 7.57. The van der Waals surface area contributed by atoms with Gasteiger partial charge < -0.3 is 5.11 Å². The molecule has 1 aromatic rings. The first-order valence-corrected chi connectivity index (χ1v) is 6.13. The Morgan fingerprint density at radius 1 is 1.33 bits per heavy atom. The third-order valence-electron chi connectivity index (χ3n) is 1.66. The highest BCUT2D eigenvalue weighted by Crippen LogP contribution is 2.24. The van der Waals surface area contributed by atoms with Gasteiger partial charge in [0, 0.05) is 10.6 Å². The van der Waals surface area contributed by atoms with Crippen LogP contribution in [0.3, 0.4) is 0 Å². The van der Waals surface area contributed by atoms with Gasteiger partial charge in [-0.15, -0.1) is 0 Å². The summed E-state index contributed by atoms with van der Waals surface area (Å²) < 4.78 is 11.6. The summed E-state index contributed by atoms with van der Waals surface area (Å²) in [6, 6.07) is 4.60. The van der Waals surface area contributed by atoms with Gasteiger partial charge in [-0.25, -0.2) is 0 Å². The lowest BCUT2D eigenvalue weighted by molar-refractivity contribution is -0.136. The summed E-state index contributed by atoms with van der Waals surface area (Å²) in [6.07, 6.45) is -0.132. The Kier molecular flexibility index (Phi) is 4.57. The average molecular weight is 267 g/mol. The minimum absolute atomic E-state index is 0.0767. The topological polar surface area (TPSA) is 54.4 Å². The molecule has 0 saturated carbocycles. The number of hydrogen-bond acceptors (Lipinski definition) is 2. The van der Waals surface area contributed by atoms with Gasteiger partial charge in [-0.1, -0.05) is 23.2 Å². The van der Waals surface area contributed by atoms with Gasteiger partial charge in [-0.2, -0.15) is 0 Å². The number of carboxylic acid groups (broad SMARTS) is 1. The zero-order chi connectivity index (χ0) is 11.4. The van der Waals surface area contributed by atoms with Gasteiger partial charge in [-0.3, -0.25) is 9.00 Å². The molecule has 0 aliphatic carbocycles. The molecule has 3 nitrogen and oxygen atoms in total. The Labute approximate surface area is 99.5 Å². The summed E-state index contributed by atoms with van der Waals surface area (Å²) in [6.45, 7) is 0. The molecular formula is C9H8Cl2O3S. The third-order valence-corrected chi connectivity index (χ3v) is 3.75. The molecule has 1 aromatic carbocycles. The second-order valence-corrected chi connectivity index (χ2v) is 5.15. The second-order valence-electron chi connectivity index (χ2n) is 2.77. The fourth-order valence-electron chi connectivity index (χ4n) is 0.916. The van der Waals surface area contributed by atoms with Crippen molar-refractivity contribution in [3.05, 3.63) is 28.2 Å². The average Bonchev–Trinajstić information content (AvgIpc) is 2.18. The van der Waals surface area contributed by atoms with Crippen LogP contribution in [0.15, 0.2) is 23.1 Å². The first-order chi connectivity index (χ1) is 7.00. The van der Waals surface area contributed by atoms with Gasteiger partial charge in [-0.05, 0) is 18.2 Å². The summed E-state index contributed by atoms with van der Waals surface area (Å²) in [5.41, 5.74) is 0. The van der Waals surface area contributed by atoms with E-state index in [1.165, 1.54) is 12.1 Å². The highest BCUT2D eigenvalue weighted by molar-refractivity contribution is 7.85. The van der Waals surface area contributed by atoms with Gasteiger partial charge in [0.25, 0.3) is 0 Å². The van der Waals surface area contributed by atoms with Gasteiger partial charge >= 0.3 is 5.97 Å². The minimum Gasteiger partial charge on any atom is -0.481 e. The molecule has 1 atom stereocenters. The molecule has 0 aliphatic heterocycles. The Balaban J connectivity index is 2.74. The normalized spacial score (nSPS) is 12.4. The smallest absolute Gasteiger partial charge is 0.304 e. The number of carbonyl (C=O) groups is 1. The number of rotatable bonds is 4. The van der Waals surface area contributed by atoms with E-state index >= 15 is 0 Å². The van der Waals surface area contributed by atoms with Crippen LogP contribution in [0.5, 0.6) is 0 Å². The van der Waals surface area contributed by atoms with E-state index in [-0.39, 0.29) is 12.2 Å². The summed E-state index contributed by atoms with van der Waals surface area (Å²) in [4.78, 5) is 10.8. The molecule has 0 saturated heterocycles. The lowest BCUT2D eigenvalue weighted by Crippen LogP contribution is -2.04. The van der Waals surface area contributed by atoms with E-state index in [9.17, 15) is 9.00 Å². The standard InChI is InChI=1S/C9H8Cl2O3S/c10-7-2-1-6(5-8(7)11)15(14)4-3-9(12)13/h1-2,5H,3-4H2,(H,12,13). The van der Waals surface area contributed by atoms with Crippen LogP contribution in [-0.4, -0.2) is 21.0 Å². The van der Waals surface area contributed by atoms with Gasteiger partial charge in [0.05, 0.1) is 27.3 Å². The van der Waals surface area contributed by atoms with Crippen molar-refractivity contribution in [1.82, 2.24) is 0 Å². The SMILES string of the molecule is O=C(O)CCS(=O)c1ccc(Cl)c(Cl)c1. The monoisotopic (exact) mass is 266 g/mol. The molecule has 0 fully saturated rings. The quantitative estimate of drug-likeness (QED) is 0.912. The van der Waals surface area contributed by atoms with Crippen LogP contribution in [0.2, 0.25) is 10.0 Å². The molecule has 0 bridgehead atoms. The Morgan fingerprint density at radius 2 is 2.00 bits per heavy atom. The molecule has 0 heterocycles. The van der Waals surface area contributed by atoms with E-state index in [0.717, 1.165) is 0 Å². The van der Waals surface area contributed by atoms with Crippen molar-refractivity contribution >= 4 is 40.0 Å². The first kappa shape index (κ1) is 12.5. The van der Waals surface area contributed by atoms with Crippen LogP contribution in [-0.2, 0) is 15.6 Å². The van der Waals surface area contributed by atoms with Crippen LogP contribution >= 0.6 is 23.2 Å². The number of benzene rings is 1. The first-order valence-electron chi connectivity index (χ1n) is 4.06. The van der Waals surface area contributed by atoms with Crippen molar-refractivity contribution in [2.75, 3.05) is 5.75 Å². The molecule has 82 valence electrons. The molecular weight excluding hydrogens is 259 g/mol. The summed E-state index contributed by atoms with van der Waals surface area (Å²) >= 11 is 11.4. The summed E-state index contributed by atoms with van der Waals surface area (Å²) in [5.74, 6) is -0.892. The molecule has 0 spiro atoms. The lowest BCUT2D eigenvalue weighted by atomic mass is 10.4. The van der Waals surface area contributed by atoms with E-state index in [2.05, 4.69) is 0 Å². The van der Waals surface area contributed by atoms with Crippen molar-refractivity contribution in [1.29, 1.82) is 0 Å². The molecule has 6 heteroatoms. The van der Waals surface area contributed by atoms with E-state index in [4.69, 9.17) is 28.3 Å². The highest BCUT2D eigenvalue weighted by atomic mass is 35.5. The van der Waals surface area contributed by atoms with E-state index in [1.54, 1.807) is 6.07 Å². The molecule has 0 radical (unpaired) electrons. The maximum absolute atomic E-state index is 11.6. The lowest BCUT2D eigenvalue weighted by Gasteiger charge is -2.02. The molecule has 0 aliphatic rings. The Morgan fingerprint density at radius 3 is 2.53 bits per heavy atom. The minimum atomic E-state index is -1.35. The molecule has 15 heavy (non-hydrogen) atoms. The second kappa shape index (κ2) is 5.49. The Hall–Kier alpha value is -0.580. The van der Waals surface area contributed by atoms with E-state index in [0.29, 0.717) is 14.9 Å². The number of carboxylic acids is 1. The predicted octanol–water partition coefficient (Wildman–Crippen LogP) is 2.58. The van der Waals surface area contributed by atoms with Crippen molar-refractivity contribution in [2.45, 2.75) is 11.3 Å². The molecule has 1 unspecified atom stereocenters. The molecule has 0 aromatic heterocycles. The fraction of sp³-hybridized carbons (Fsp3) is 0.222. The van der Waals surface area contributed by atoms with Crippen LogP contribution in [0.4, 0.5) is 0 Å². The van der Waals surface area contributed by atoms with Crippen molar-refractivity contribution in [2.24, 2.45) is 0 Å². The largest absolute Gasteiger partial charge is 0.481 e. The summed E-state index contributed by atoms with van der Waals surface area (Å²) in [5, 5.41) is 9.13. The van der Waals surface area contributed by atoms with Crippen molar-refractivity contribution < 1.29 is 14.1 Å². The maximum atomic E-state index is 11.6. The van der Waals surface area contributed by atoms with Gasteiger partial charge in [0.2, 0.25) is 0 Å². The van der Waals surface area contributed by atoms with E-state index in [1.807, 2.05) is 0 Å². The number of hydrogen-bond donors (Lipinski definition) is 1. The van der Waals surface area contributed by atoms with Crippen molar-refractivity contribution in [3.63, 3.8) is 0 Å². The van der Waals surface area contributed by atoms with Crippen LogP contribution in [0.25, 0.3) is 0 Å². The number of aliphatic carboxylic acids is 1. The van der Waals surface area contributed by atoms with Gasteiger partial charge in [0.15, 0.2) is 0 Å². The fourth-order valence-corrected chi connectivity index (χ4v) is 2.34. The van der Waals surface area contributed by atoms with E-state index < -0.39 is 16.8 Å². The van der Waals surface area contributed by atoms with Crippen molar-refractivity contribution in [3.8, 4) is 0 Å². The molecule has 1 N–H and O–H groups in total. The zero-order valence-corrected chi connectivity index (χ0v) is 9.90. The van der Waals surface area contributed by atoms with Crippen LogP contribution in [0, 0.1) is 0 Å². The predicted molar refractivity (Wildman–Crippen MR) is 60.0 cm³/mol. The summed E-state index contributed by atoms with van der Waals surface area (Å²) in [7, 11) is -1.35. The van der Waals surface area contributed by atoms with Crippen LogP contribution < -0.4 is 0 Å². The molecule has 0 amide bonds. The number of halogens is 2.